The number of alkyl carbamates (subject to hydrolysis) is 1. The first-order chi connectivity index (χ1) is 35.0. The molecular weight excluding hydrogens is 1030 g/mol. The molecule has 394 valence electrons. The topological polar surface area (TPSA) is 294 Å². The van der Waals surface area contributed by atoms with Gasteiger partial charge in [0, 0.05) is 0 Å². The van der Waals surface area contributed by atoms with Crippen LogP contribution in [0.15, 0.2) is 121 Å². The number of aliphatic hydroxyl groups is 6. The van der Waals surface area contributed by atoms with Crippen LogP contribution in [-0.4, -0.2) is 177 Å². The van der Waals surface area contributed by atoms with Crippen molar-refractivity contribution >= 4 is 58.8 Å². The molecule has 0 aromatic heterocycles. The predicted octanol–water partition coefficient (Wildman–Crippen LogP) is 2.35. The molecule has 15 atom stereocenters. The van der Waals surface area contributed by atoms with E-state index in [0.717, 1.165) is 5.56 Å². The van der Waals surface area contributed by atoms with Gasteiger partial charge in [0.2, 0.25) is 3.79 Å². The molecular formula is C49H52Cl3NO20. The van der Waals surface area contributed by atoms with Crippen LogP contribution in [0.25, 0.3) is 0 Å². The maximum absolute atomic E-state index is 14.2. The van der Waals surface area contributed by atoms with Crippen molar-refractivity contribution in [2.75, 3.05) is 26.4 Å². The molecule has 73 heavy (non-hydrogen) atoms. The highest BCUT2D eigenvalue weighted by Crippen LogP contribution is 2.36. The number of esters is 3. The zero-order valence-corrected chi connectivity index (χ0v) is 40.5. The molecule has 0 saturated carbocycles. The van der Waals surface area contributed by atoms with Gasteiger partial charge in [-0.25, -0.2) is 19.2 Å². The fourth-order valence-corrected chi connectivity index (χ4v) is 8.12. The van der Waals surface area contributed by atoms with Crippen molar-refractivity contribution < 1.29 is 97.2 Å². The molecule has 21 nitrogen and oxygen atoms in total. The Kier molecular flexibility index (Phi) is 19.8. The molecule has 0 spiro atoms. The second-order valence-electron chi connectivity index (χ2n) is 16.8. The van der Waals surface area contributed by atoms with Gasteiger partial charge in [-0.3, -0.25) is 0 Å². The van der Waals surface area contributed by atoms with Gasteiger partial charge >= 0.3 is 24.0 Å². The van der Waals surface area contributed by atoms with E-state index in [9.17, 15) is 49.8 Å². The molecule has 7 rings (SSSR count). The molecule has 1 amide bonds. The summed E-state index contributed by atoms with van der Waals surface area (Å²) >= 11 is 17.2. The highest BCUT2D eigenvalue weighted by Gasteiger charge is 2.57. The summed E-state index contributed by atoms with van der Waals surface area (Å²) in [6.45, 7) is -2.83. The Morgan fingerprint density at radius 3 is 1.58 bits per heavy atom. The van der Waals surface area contributed by atoms with Crippen LogP contribution in [0.3, 0.4) is 0 Å². The van der Waals surface area contributed by atoms with Gasteiger partial charge < -0.3 is 83.3 Å². The second-order valence-corrected chi connectivity index (χ2v) is 19.3. The number of halogens is 3. The van der Waals surface area contributed by atoms with E-state index in [1.807, 2.05) is 0 Å². The summed E-state index contributed by atoms with van der Waals surface area (Å²) in [6.07, 6.45) is -26.9. The summed E-state index contributed by atoms with van der Waals surface area (Å²) in [6, 6.07) is 29.9. The summed E-state index contributed by atoms with van der Waals surface area (Å²) in [4.78, 5) is 55.4. The number of hydrogen-bond acceptors (Lipinski definition) is 20. The number of alkyl halides is 3. The first-order valence-electron chi connectivity index (χ1n) is 22.7. The minimum absolute atomic E-state index is 0.00369. The number of nitrogens with one attached hydrogen (secondary N) is 1. The molecule has 3 aliphatic rings. The number of benzene rings is 4. The Morgan fingerprint density at radius 2 is 1.04 bits per heavy atom. The first kappa shape index (κ1) is 55.7. The number of amides is 1. The molecule has 4 aromatic rings. The van der Waals surface area contributed by atoms with Gasteiger partial charge in [-0.1, -0.05) is 120 Å². The number of carbonyl (C=O) groups excluding carboxylic acids is 4. The molecule has 3 fully saturated rings. The van der Waals surface area contributed by atoms with Crippen molar-refractivity contribution in [2.45, 2.75) is 102 Å². The zero-order valence-electron chi connectivity index (χ0n) is 38.3. The second kappa shape index (κ2) is 25.9. The van der Waals surface area contributed by atoms with Crippen LogP contribution in [0.2, 0.25) is 0 Å². The van der Waals surface area contributed by atoms with Crippen LogP contribution < -0.4 is 5.32 Å². The largest absolute Gasteiger partial charge is 0.452 e. The number of carbonyl (C=O) groups is 4. The van der Waals surface area contributed by atoms with E-state index in [2.05, 4.69) is 5.32 Å². The van der Waals surface area contributed by atoms with E-state index in [4.69, 9.17) is 82.2 Å². The number of hydrogen-bond donors (Lipinski definition) is 7. The van der Waals surface area contributed by atoms with Crippen LogP contribution in [0, 0.1) is 0 Å². The minimum Gasteiger partial charge on any atom is -0.452 e. The molecule has 15 unspecified atom stereocenters. The van der Waals surface area contributed by atoms with Crippen molar-refractivity contribution in [1.82, 2.24) is 5.32 Å². The van der Waals surface area contributed by atoms with Crippen molar-refractivity contribution in [1.29, 1.82) is 0 Å². The van der Waals surface area contributed by atoms with Crippen LogP contribution in [0.4, 0.5) is 4.79 Å². The SMILES string of the molecule is O=C(NC1C(OCC2OC(OC3C(COCc4ccccc4)OC(O)C(O)C3O)C(OC(=O)c3ccccc3)C(OC(=O)c3ccccc3)C2OC(=O)c2ccccc2)OC(CO)C(O)C1O)OCC(Cl)(Cl)Cl. The molecule has 4 aromatic carbocycles. The van der Waals surface area contributed by atoms with Crippen LogP contribution >= 0.6 is 34.8 Å². The summed E-state index contributed by atoms with van der Waals surface area (Å²) in [7, 11) is 0. The number of ether oxygens (including phenoxy) is 10. The van der Waals surface area contributed by atoms with Gasteiger partial charge in [0.15, 0.2) is 37.2 Å². The standard InChI is InChI=1S/C49H52Cl3NO20/c50-49(51,52)25-66-48(63)53-33-35(56)34(55)30(21-54)68-46(33)65-24-32-39(70-42(59)27-15-7-2-8-16-27)40(71-43(60)28-17-9-3-10-18-28)41(72-44(61)29-19-11-4-12-20-29)47(69-32)73-38-31(67-45(62)37(58)36(38)57)23-64-22-26-13-5-1-6-14-26/h1-20,30-41,45-47,54-58,62H,21-25H2,(H,53,63). The Bertz CT molecular complexity index is 2390. The third kappa shape index (κ3) is 14.8. The van der Waals surface area contributed by atoms with Crippen molar-refractivity contribution in [3.8, 4) is 0 Å². The maximum atomic E-state index is 14.2. The van der Waals surface area contributed by atoms with Crippen molar-refractivity contribution in [3.63, 3.8) is 0 Å². The summed E-state index contributed by atoms with van der Waals surface area (Å²) in [5, 5.41) is 67.7. The molecule has 3 aliphatic heterocycles. The Hall–Kier alpha value is -5.05. The van der Waals surface area contributed by atoms with Gasteiger partial charge in [-0.15, -0.1) is 0 Å². The lowest BCUT2D eigenvalue weighted by molar-refractivity contribution is -0.359. The van der Waals surface area contributed by atoms with Crippen molar-refractivity contribution in [3.05, 3.63) is 144 Å². The van der Waals surface area contributed by atoms with Gasteiger partial charge in [0.05, 0.1) is 43.1 Å². The molecule has 3 heterocycles. The van der Waals surface area contributed by atoms with Crippen LogP contribution in [0.5, 0.6) is 0 Å². The first-order valence-corrected chi connectivity index (χ1v) is 23.8. The maximum Gasteiger partial charge on any atom is 0.407 e. The Labute approximate surface area is 432 Å². The Morgan fingerprint density at radius 1 is 0.548 bits per heavy atom. The smallest absolute Gasteiger partial charge is 0.407 e. The molecule has 0 bridgehead atoms. The monoisotopic (exact) mass is 1080 g/mol. The van der Waals surface area contributed by atoms with Gasteiger partial charge in [0.1, 0.15) is 61.5 Å². The highest BCUT2D eigenvalue weighted by atomic mass is 35.6. The van der Waals surface area contributed by atoms with Gasteiger partial charge in [-0.05, 0) is 42.0 Å². The lowest BCUT2D eigenvalue weighted by Crippen LogP contribution is -2.67. The zero-order chi connectivity index (χ0) is 52.2. The molecule has 3 saturated heterocycles. The van der Waals surface area contributed by atoms with E-state index in [1.165, 1.54) is 36.4 Å². The predicted molar refractivity (Wildman–Crippen MR) is 252 cm³/mol. The van der Waals surface area contributed by atoms with E-state index in [1.54, 1.807) is 84.9 Å². The molecule has 7 N–H and O–H groups in total. The lowest BCUT2D eigenvalue weighted by atomic mass is 9.95. The third-order valence-corrected chi connectivity index (χ3v) is 12.0. The molecule has 0 radical (unpaired) electrons. The summed E-state index contributed by atoms with van der Waals surface area (Å²) in [5.74, 6) is -3.07. The number of aliphatic hydroxyl groups excluding tert-OH is 6. The van der Waals surface area contributed by atoms with Gasteiger partial charge in [0.25, 0.3) is 0 Å². The van der Waals surface area contributed by atoms with E-state index >= 15 is 0 Å². The van der Waals surface area contributed by atoms with Crippen LogP contribution in [0.1, 0.15) is 36.6 Å². The summed E-state index contributed by atoms with van der Waals surface area (Å²) < 4.78 is 57.7. The third-order valence-electron chi connectivity index (χ3n) is 11.7. The average molecular weight is 1080 g/mol. The normalized spacial score (nSPS) is 30.3. The summed E-state index contributed by atoms with van der Waals surface area (Å²) in [5.41, 5.74) is 0.715. The van der Waals surface area contributed by atoms with E-state index in [-0.39, 0.29) is 29.9 Å². The Balaban J connectivity index is 1.30. The highest BCUT2D eigenvalue weighted by molar-refractivity contribution is 6.67. The quantitative estimate of drug-likeness (QED) is 0.0428. The molecule has 0 aliphatic carbocycles. The minimum atomic E-state index is -2.06. The molecule has 24 heteroatoms. The average Bonchev–Trinajstić information content (AvgIpc) is 3.39. The van der Waals surface area contributed by atoms with E-state index < -0.39 is 140 Å². The van der Waals surface area contributed by atoms with Crippen LogP contribution in [-0.2, 0) is 54.0 Å². The van der Waals surface area contributed by atoms with Gasteiger partial charge in [-0.2, -0.15) is 0 Å². The fraction of sp³-hybridized carbons (Fsp3) is 0.429. The van der Waals surface area contributed by atoms with Crippen molar-refractivity contribution in [2.24, 2.45) is 0 Å². The fourth-order valence-electron chi connectivity index (χ4n) is 7.96. The lowest BCUT2D eigenvalue weighted by Gasteiger charge is -2.48. The van der Waals surface area contributed by atoms with E-state index in [0.29, 0.717) is 0 Å². The number of rotatable bonds is 18.